The van der Waals surface area contributed by atoms with Crippen LogP contribution in [0.1, 0.15) is 35.1 Å². The van der Waals surface area contributed by atoms with Gasteiger partial charge in [0, 0.05) is 5.56 Å². The molecule has 1 aromatic heterocycles. The van der Waals surface area contributed by atoms with E-state index in [0.29, 0.717) is 12.2 Å². The molecule has 1 saturated carbocycles. The summed E-state index contributed by atoms with van der Waals surface area (Å²) in [7, 11) is 0. The van der Waals surface area contributed by atoms with Crippen molar-refractivity contribution in [2.75, 3.05) is 13.1 Å². The van der Waals surface area contributed by atoms with E-state index in [4.69, 9.17) is 0 Å². The van der Waals surface area contributed by atoms with Crippen molar-refractivity contribution in [3.05, 3.63) is 41.6 Å². The average Bonchev–Trinajstić information content (AvgIpc) is 3.24. The summed E-state index contributed by atoms with van der Waals surface area (Å²) >= 11 is 0. The number of benzene rings is 1. The molecule has 2 aromatic rings. The molecule has 114 valence electrons. The third kappa shape index (κ3) is 2.52. The lowest BCUT2D eigenvalue weighted by atomic mass is 10.1. The summed E-state index contributed by atoms with van der Waals surface area (Å²) < 4.78 is 1.84. The molecule has 5 nitrogen and oxygen atoms in total. The Bertz CT molecular complexity index is 700. The van der Waals surface area contributed by atoms with Crippen LogP contribution in [0, 0.1) is 12.8 Å². The van der Waals surface area contributed by atoms with Crippen molar-refractivity contribution in [1.29, 1.82) is 0 Å². The van der Waals surface area contributed by atoms with Gasteiger partial charge in [0.2, 0.25) is 0 Å². The van der Waals surface area contributed by atoms with Crippen LogP contribution >= 0.6 is 0 Å². The zero-order valence-corrected chi connectivity index (χ0v) is 12.7. The molecule has 1 aromatic carbocycles. The number of carbonyl (C=O) groups excluding carboxylic acids is 1. The maximum absolute atomic E-state index is 12.1. The van der Waals surface area contributed by atoms with Gasteiger partial charge in [0.05, 0.1) is 12.2 Å². The van der Waals surface area contributed by atoms with Crippen LogP contribution in [0.25, 0.3) is 11.3 Å². The quantitative estimate of drug-likeness (QED) is 0.908. The largest absolute Gasteiger partial charge is 0.347 e. The highest BCUT2D eigenvalue weighted by molar-refractivity contribution is 5.94. The zero-order chi connectivity index (χ0) is 15.1. The summed E-state index contributed by atoms with van der Waals surface area (Å²) in [5.74, 6) is 0.753. The van der Waals surface area contributed by atoms with Gasteiger partial charge >= 0.3 is 0 Å². The van der Waals surface area contributed by atoms with Gasteiger partial charge in [0.25, 0.3) is 5.91 Å². The van der Waals surface area contributed by atoms with E-state index in [1.54, 1.807) is 0 Å². The van der Waals surface area contributed by atoms with Gasteiger partial charge in [0.15, 0.2) is 0 Å². The van der Waals surface area contributed by atoms with E-state index >= 15 is 0 Å². The number of aromatic nitrogens is 2. The van der Waals surface area contributed by atoms with Crippen LogP contribution in [0.2, 0.25) is 0 Å². The van der Waals surface area contributed by atoms with E-state index in [9.17, 15) is 4.79 Å². The average molecular weight is 296 g/mol. The van der Waals surface area contributed by atoms with Crippen LogP contribution in [0.4, 0.5) is 0 Å². The SMILES string of the molecule is Cc1ccc(-c2cc3n(n2)C(NCC2CC2)CNC3=O)cc1. The number of aryl methyl sites for hydroxylation is 1. The zero-order valence-electron chi connectivity index (χ0n) is 12.7. The summed E-state index contributed by atoms with van der Waals surface area (Å²) in [5, 5.41) is 11.1. The van der Waals surface area contributed by atoms with Crippen LogP contribution in [0.5, 0.6) is 0 Å². The molecule has 1 aliphatic heterocycles. The lowest BCUT2D eigenvalue weighted by molar-refractivity contribution is 0.0900. The maximum Gasteiger partial charge on any atom is 0.269 e. The highest BCUT2D eigenvalue weighted by atomic mass is 16.2. The second kappa shape index (κ2) is 5.25. The van der Waals surface area contributed by atoms with Crippen molar-refractivity contribution >= 4 is 5.91 Å². The fourth-order valence-electron chi connectivity index (χ4n) is 2.82. The number of carbonyl (C=O) groups is 1. The monoisotopic (exact) mass is 296 g/mol. The normalized spacial score (nSPS) is 20.6. The van der Waals surface area contributed by atoms with Crippen molar-refractivity contribution in [3.8, 4) is 11.3 Å². The first kappa shape index (κ1) is 13.5. The van der Waals surface area contributed by atoms with Crippen LogP contribution in [0.3, 0.4) is 0 Å². The van der Waals surface area contributed by atoms with Gasteiger partial charge in [-0.15, -0.1) is 0 Å². The van der Waals surface area contributed by atoms with Crippen molar-refractivity contribution in [2.45, 2.75) is 25.9 Å². The standard InChI is InChI=1S/C17H20N4O/c1-11-2-6-13(7-3-11)14-8-15-17(22)19-10-16(21(15)20-14)18-9-12-4-5-12/h2-3,6-8,12,16,18H,4-5,9-10H2,1H3,(H,19,22). The molecule has 1 aliphatic carbocycles. The Hall–Kier alpha value is -2.14. The fourth-order valence-corrected chi connectivity index (χ4v) is 2.82. The first-order valence-electron chi connectivity index (χ1n) is 7.89. The van der Waals surface area contributed by atoms with E-state index < -0.39 is 0 Å². The Balaban J connectivity index is 1.64. The molecular weight excluding hydrogens is 276 g/mol. The lowest BCUT2D eigenvalue weighted by Crippen LogP contribution is -2.45. The number of rotatable bonds is 4. The van der Waals surface area contributed by atoms with Crippen LogP contribution in [-0.4, -0.2) is 28.8 Å². The summed E-state index contributed by atoms with van der Waals surface area (Å²) in [5.41, 5.74) is 3.75. The van der Waals surface area contributed by atoms with E-state index in [1.165, 1.54) is 18.4 Å². The Labute approximate surface area is 129 Å². The molecule has 0 radical (unpaired) electrons. The van der Waals surface area contributed by atoms with Gasteiger partial charge in [0.1, 0.15) is 11.9 Å². The third-order valence-corrected chi connectivity index (χ3v) is 4.41. The van der Waals surface area contributed by atoms with E-state index in [2.05, 4.69) is 34.8 Å². The van der Waals surface area contributed by atoms with Crippen molar-refractivity contribution in [2.24, 2.45) is 5.92 Å². The summed E-state index contributed by atoms with van der Waals surface area (Å²) in [6.45, 7) is 3.65. The molecule has 0 spiro atoms. The summed E-state index contributed by atoms with van der Waals surface area (Å²) in [6.07, 6.45) is 2.67. The summed E-state index contributed by atoms with van der Waals surface area (Å²) in [6, 6.07) is 10.1. The molecule has 1 amide bonds. The molecular formula is C17H20N4O. The number of amides is 1. The first-order chi connectivity index (χ1) is 10.7. The molecule has 2 N–H and O–H groups in total. The Morgan fingerprint density at radius 3 is 2.82 bits per heavy atom. The van der Waals surface area contributed by atoms with E-state index in [1.807, 2.05) is 22.9 Å². The molecule has 5 heteroatoms. The Kier molecular flexibility index (Phi) is 3.22. The number of nitrogens with zero attached hydrogens (tertiary/aromatic N) is 2. The van der Waals surface area contributed by atoms with Gasteiger partial charge in [-0.2, -0.15) is 5.10 Å². The van der Waals surface area contributed by atoms with E-state index in [-0.39, 0.29) is 12.1 Å². The highest BCUT2D eigenvalue weighted by Crippen LogP contribution is 2.29. The molecule has 1 atom stereocenters. The second-order valence-corrected chi connectivity index (χ2v) is 6.30. The molecule has 4 rings (SSSR count). The molecule has 1 fully saturated rings. The molecule has 2 aliphatic rings. The molecule has 2 heterocycles. The number of fused-ring (bicyclic) bond motifs is 1. The first-order valence-corrected chi connectivity index (χ1v) is 7.89. The smallest absolute Gasteiger partial charge is 0.269 e. The number of nitrogens with one attached hydrogen (secondary N) is 2. The molecule has 1 unspecified atom stereocenters. The van der Waals surface area contributed by atoms with Gasteiger partial charge in [-0.3, -0.25) is 10.1 Å². The van der Waals surface area contributed by atoms with E-state index in [0.717, 1.165) is 23.7 Å². The van der Waals surface area contributed by atoms with Crippen molar-refractivity contribution in [3.63, 3.8) is 0 Å². The number of hydrogen-bond donors (Lipinski definition) is 2. The van der Waals surface area contributed by atoms with Crippen LogP contribution in [0.15, 0.2) is 30.3 Å². The number of hydrogen-bond acceptors (Lipinski definition) is 3. The minimum atomic E-state index is -0.0460. The summed E-state index contributed by atoms with van der Waals surface area (Å²) in [4.78, 5) is 12.1. The fraction of sp³-hybridized carbons (Fsp3) is 0.412. The Morgan fingerprint density at radius 2 is 2.09 bits per heavy atom. The minimum Gasteiger partial charge on any atom is -0.347 e. The molecule has 22 heavy (non-hydrogen) atoms. The lowest BCUT2D eigenvalue weighted by Gasteiger charge is -2.25. The predicted octanol–water partition coefficient (Wildman–Crippen LogP) is 2.10. The van der Waals surface area contributed by atoms with Gasteiger partial charge < -0.3 is 5.32 Å². The van der Waals surface area contributed by atoms with Crippen molar-refractivity contribution in [1.82, 2.24) is 20.4 Å². The third-order valence-electron chi connectivity index (χ3n) is 4.41. The van der Waals surface area contributed by atoms with Gasteiger partial charge in [-0.1, -0.05) is 29.8 Å². The Morgan fingerprint density at radius 1 is 1.32 bits per heavy atom. The van der Waals surface area contributed by atoms with Crippen LogP contribution < -0.4 is 10.6 Å². The maximum atomic E-state index is 12.1. The van der Waals surface area contributed by atoms with Crippen molar-refractivity contribution < 1.29 is 4.79 Å². The topological polar surface area (TPSA) is 59.0 Å². The van der Waals surface area contributed by atoms with Crippen LogP contribution in [-0.2, 0) is 0 Å². The van der Waals surface area contributed by atoms with Gasteiger partial charge in [-0.25, -0.2) is 4.68 Å². The molecule has 0 bridgehead atoms. The predicted molar refractivity (Wildman–Crippen MR) is 84.5 cm³/mol. The van der Waals surface area contributed by atoms with Gasteiger partial charge in [-0.05, 0) is 38.3 Å². The second-order valence-electron chi connectivity index (χ2n) is 6.30. The molecule has 0 saturated heterocycles. The minimum absolute atomic E-state index is 0.0460. The highest BCUT2D eigenvalue weighted by Gasteiger charge is 2.29.